The number of sulfonamides is 1. The van der Waals surface area contributed by atoms with Crippen LogP contribution in [0.1, 0.15) is 13.8 Å². The molecule has 0 N–H and O–H groups in total. The number of hydrogen-bond acceptors (Lipinski definition) is 6. The fourth-order valence-corrected chi connectivity index (χ4v) is 5.09. The first kappa shape index (κ1) is 20.0. The molecule has 136 valence electrons. The monoisotopic (exact) mass is 446 g/mol. The Morgan fingerprint density at radius 1 is 1.36 bits per heavy atom. The molecule has 1 atom stereocenters. The lowest BCUT2D eigenvalue weighted by atomic mass is 10.2. The molecule has 0 amide bonds. The molecule has 0 radical (unpaired) electrons. The van der Waals surface area contributed by atoms with Crippen molar-refractivity contribution in [3.05, 3.63) is 34.1 Å². The van der Waals surface area contributed by atoms with Crippen LogP contribution in [0.4, 0.5) is 0 Å². The number of benzene rings is 1. The molecule has 1 aromatic carbocycles. The zero-order chi connectivity index (χ0) is 18.6. The Morgan fingerprint density at radius 2 is 2.00 bits per heavy atom. The van der Waals surface area contributed by atoms with E-state index in [1.54, 1.807) is 13.8 Å². The van der Waals surface area contributed by atoms with Gasteiger partial charge in [-0.05, 0) is 12.1 Å². The standard InChI is InChI=1S/C16H19BrN2O4S2/c1-4-19(9-11(2)16(20)23-3)25(21,22)14-10-24-15(18-14)12-5-7-13(17)8-6-12/h5-8,10-11H,4,9H2,1-3H3. The van der Waals surface area contributed by atoms with E-state index in [4.69, 9.17) is 0 Å². The topological polar surface area (TPSA) is 76.6 Å². The van der Waals surface area contributed by atoms with Crippen LogP contribution < -0.4 is 0 Å². The number of carbonyl (C=O) groups excluding carboxylic acids is 1. The first-order valence-corrected chi connectivity index (χ1v) is 10.7. The fraction of sp³-hybridized carbons (Fsp3) is 0.375. The van der Waals surface area contributed by atoms with E-state index in [2.05, 4.69) is 25.7 Å². The van der Waals surface area contributed by atoms with Crippen LogP contribution in [0.5, 0.6) is 0 Å². The summed E-state index contributed by atoms with van der Waals surface area (Å²) in [5.74, 6) is -0.994. The second kappa shape index (κ2) is 8.39. The molecule has 9 heteroatoms. The van der Waals surface area contributed by atoms with Gasteiger partial charge in [-0.1, -0.05) is 41.9 Å². The van der Waals surface area contributed by atoms with Crippen molar-refractivity contribution in [1.82, 2.24) is 9.29 Å². The van der Waals surface area contributed by atoms with Crippen LogP contribution in [0.3, 0.4) is 0 Å². The number of methoxy groups -OCH3 is 1. The van der Waals surface area contributed by atoms with Crippen molar-refractivity contribution >= 4 is 43.3 Å². The summed E-state index contributed by atoms with van der Waals surface area (Å²) < 4.78 is 32.5. The van der Waals surface area contributed by atoms with Gasteiger partial charge in [-0.2, -0.15) is 4.31 Å². The van der Waals surface area contributed by atoms with Crippen molar-refractivity contribution in [2.24, 2.45) is 5.92 Å². The number of esters is 1. The van der Waals surface area contributed by atoms with E-state index >= 15 is 0 Å². The fourth-order valence-electron chi connectivity index (χ4n) is 2.21. The van der Waals surface area contributed by atoms with E-state index in [0.29, 0.717) is 5.01 Å². The molecule has 1 heterocycles. The highest BCUT2D eigenvalue weighted by Crippen LogP contribution is 2.28. The number of halogens is 1. The van der Waals surface area contributed by atoms with Gasteiger partial charge in [0.2, 0.25) is 0 Å². The van der Waals surface area contributed by atoms with Crippen molar-refractivity contribution in [2.45, 2.75) is 18.9 Å². The van der Waals surface area contributed by atoms with Crippen LogP contribution in [0, 0.1) is 5.92 Å². The Bertz CT molecular complexity index is 834. The number of nitrogens with zero attached hydrogens (tertiary/aromatic N) is 2. The maximum Gasteiger partial charge on any atom is 0.309 e. The van der Waals surface area contributed by atoms with Gasteiger partial charge in [-0.3, -0.25) is 4.79 Å². The molecule has 0 aliphatic rings. The second-order valence-electron chi connectivity index (χ2n) is 5.38. The van der Waals surface area contributed by atoms with Crippen molar-refractivity contribution < 1.29 is 17.9 Å². The van der Waals surface area contributed by atoms with E-state index < -0.39 is 21.9 Å². The molecule has 2 rings (SSSR count). The molecule has 0 aliphatic carbocycles. The van der Waals surface area contributed by atoms with Crippen molar-refractivity contribution in [1.29, 1.82) is 0 Å². The van der Waals surface area contributed by atoms with Crippen molar-refractivity contribution in [2.75, 3.05) is 20.2 Å². The molecule has 0 spiro atoms. The number of hydrogen-bond donors (Lipinski definition) is 0. The van der Waals surface area contributed by atoms with Crippen LogP contribution in [0.2, 0.25) is 0 Å². The van der Waals surface area contributed by atoms with Crippen LogP contribution >= 0.6 is 27.3 Å². The van der Waals surface area contributed by atoms with Gasteiger partial charge in [0.15, 0.2) is 5.03 Å². The van der Waals surface area contributed by atoms with Gasteiger partial charge in [0.1, 0.15) is 5.01 Å². The second-order valence-corrected chi connectivity index (χ2v) is 9.04. The van der Waals surface area contributed by atoms with Gasteiger partial charge in [-0.15, -0.1) is 11.3 Å². The molecule has 1 unspecified atom stereocenters. The normalized spacial score (nSPS) is 13.0. The minimum Gasteiger partial charge on any atom is -0.469 e. The summed E-state index contributed by atoms with van der Waals surface area (Å²) >= 11 is 4.64. The first-order valence-electron chi connectivity index (χ1n) is 7.59. The van der Waals surface area contributed by atoms with E-state index in [9.17, 15) is 13.2 Å². The smallest absolute Gasteiger partial charge is 0.309 e. The zero-order valence-corrected chi connectivity index (χ0v) is 17.3. The molecule has 2 aromatic rings. The summed E-state index contributed by atoms with van der Waals surface area (Å²) in [5.41, 5.74) is 0.848. The summed E-state index contributed by atoms with van der Waals surface area (Å²) in [6, 6.07) is 7.50. The van der Waals surface area contributed by atoms with Crippen LogP contribution in [0.25, 0.3) is 10.6 Å². The Balaban J connectivity index is 2.26. The summed E-state index contributed by atoms with van der Waals surface area (Å²) in [6.45, 7) is 3.66. The lowest BCUT2D eigenvalue weighted by Crippen LogP contribution is -2.37. The molecular weight excluding hydrogens is 428 g/mol. The average Bonchev–Trinajstić information content (AvgIpc) is 3.10. The highest BCUT2D eigenvalue weighted by molar-refractivity contribution is 9.10. The lowest BCUT2D eigenvalue weighted by molar-refractivity contribution is -0.145. The van der Waals surface area contributed by atoms with Crippen molar-refractivity contribution in [3.8, 4) is 10.6 Å². The average molecular weight is 447 g/mol. The maximum atomic E-state index is 12.8. The SMILES string of the molecule is CCN(CC(C)C(=O)OC)S(=O)(=O)c1csc(-c2ccc(Br)cc2)n1. The number of carbonyl (C=O) groups is 1. The van der Waals surface area contributed by atoms with Crippen molar-refractivity contribution in [3.63, 3.8) is 0 Å². The lowest BCUT2D eigenvalue weighted by Gasteiger charge is -2.21. The molecule has 1 aromatic heterocycles. The maximum absolute atomic E-state index is 12.8. The van der Waals surface area contributed by atoms with E-state index in [1.165, 1.54) is 28.1 Å². The third kappa shape index (κ3) is 4.66. The van der Waals surface area contributed by atoms with Crippen LogP contribution in [-0.4, -0.2) is 43.9 Å². The summed E-state index contributed by atoms with van der Waals surface area (Å²) in [5, 5.41) is 2.15. The Hall–Kier alpha value is -1.29. The number of thiazole rings is 1. The molecular formula is C16H19BrN2O4S2. The predicted molar refractivity (Wildman–Crippen MR) is 101 cm³/mol. The summed E-state index contributed by atoms with van der Waals surface area (Å²) in [6.07, 6.45) is 0. The van der Waals surface area contributed by atoms with Crippen LogP contribution in [0.15, 0.2) is 39.1 Å². The minimum atomic E-state index is -3.77. The zero-order valence-electron chi connectivity index (χ0n) is 14.1. The number of ether oxygens (including phenoxy) is 1. The number of rotatable bonds is 7. The summed E-state index contributed by atoms with van der Waals surface area (Å²) in [7, 11) is -2.48. The number of aromatic nitrogens is 1. The quantitative estimate of drug-likeness (QED) is 0.609. The minimum absolute atomic E-state index is 0.00525. The molecule has 0 fully saturated rings. The molecule has 6 nitrogen and oxygen atoms in total. The highest BCUT2D eigenvalue weighted by atomic mass is 79.9. The largest absolute Gasteiger partial charge is 0.469 e. The molecule has 0 saturated heterocycles. The summed E-state index contributed by atoms with van der Waals surface area (Å²) in [4.78, 5) is 15.9. The van der Waals surface area contributed by atoms with Crippen LogP contribution in [-0.2, 0) is 19.6 Å². The van der Waals surface area contributed by atoms with Gasteiger partial charge in [-0.25, -0.2) is 13.4 Å². The Morgan fingerprint density at radius 3 is 2.56 bits per heavy atom. The first-order chi connectivity index (χ1) is 11.8. The molecule has 0 saturated carbocycles. The van der Waals surface area contributed by atoms with Gasteiger partial charge in [0.25, 0.3) is 10.0 Å². The highest BCUT2D eigenvalue weighted by Gasteiger charge is 2.29. The van der Waals surface area contributed by atoms with E-state index in [0.717, 1.165) is 10.0 Å². The predicted octanol–water partition coefficient (Wildman–Crippen LogP) is 3.39. The molecule has 25 heavy (non-hydrogen) atoms. The van der Waals surface area contributed by atoms with E-state index in [-0.39, 0.29) is 18.1 Å². The van der Waals surface area contributed by atoms with Gasteiger partial charge < -0.3 is 4.74 Å². The van der Waals surface area contributed by atoms with E-state index in [1.807, 2.05) is 24.3 Å². The van der Waals surface area contributed by atoms with Gasteiger partial charge >= 0.3 is 5.97 Å². The Kier molecular flexibility index (Phi) is 6.72. The Labute approximate surface area is 160 Å². The third-order valence-electron chi connectivity index (χ3n) is 3.61. The molecule has 0 aliphatic heterocycles. The third-order valence-corrected chi connectivity index (χ3v) is 7.01. The van der Waals surface area contributed by atoms with Gasteiger partial charge in [0.05, 0.1) is 13.0 Å². The molecule has 0 bridgehead atoms. The van der Waals surface area contributed by atoms with Gasteiger partial charge in [0, 0.05) is 28.5 Å².